The maximum Gasteiger partial charge on any atom is 0.244 e. The van der Waals surface area contributed by atoms with Gasteiger partial charge in [-0.1, -0.05) is 6.92 Å². The first kappa shape index (κ1) is 16.5. The van der Waals surface area contributed by atoms with E-state index >= 15 is 0 Å². The molecule has 21 heavy (non-hydrogen) atoms. The van der Waals surface area contributed by atoms with E-state index in [1.165, 1.54) is 0 Å². The SMILES string of the molecule is CCNCc1cc(S(=O)(=O)N2CCCN(C)CC2C)c[nH]1. The number of aromatic amines is 1. The average molecular weight is 314 g/mol. The van der Waals surface area contributed by atoms with Gasteiger partial charge in [0.15, 0.2) is 0 Å². The highest BCUT2D eigenvalue weighted by molar-refractivity contribution is 7.89. The minimum atomic E-state index is -3.41. The van der Waals surface area contributed by atoms with Crippen molar-refractivity contribution in [3.8, 4) is 0 Å². The van der Waals surface area contributed by atoms with Crippen LogP contribution in [0.4, 0.5) is 0 Å². The molecule has 6 nitrogen and oxygen atoms in total. The second-order valence-corrected chi connectivity index (χ2v) is 7.61. The molecule has 1 aliphatic heterocycles. The van der Waals surface area contributed by atoms with Gasteiger partial charge in [0, 0.05) is 37.6 Å². The van der Waals surface area contributed by atoms with E-state index < -0.39 is 10.0 Å². The third-order valence-electron chi connectivity index (χ3n) is 3.87. The number of likely N-dealkylation sites (N-methyl/N-ethyl adjacent to an activating group) is 1. The fraction of sp³-hybridized carbons (Fsp3) is 0.714. The maximum atomic E-state index is 12.8. The highest BCUT2D eigenvalue weighted by atomic mass is 32.2. The molecule has 2 N–H and O–H groups in total. The molecule has 1 aromatic rings. The third-order valence-corrected chi connectivity index (χ3v) is 5.87. The van der Waals surface area contributed by atoms with Crippen LogP contribution in [0.15, 0.2) is 17.2 Å². The van der Waals surface area contributed by atoms with Crippen molar-refractivity contribution in [2.24, 2.45) is 0 Å². The van der Waals surface area contributed by atoms with Crippen LogP contribution in [0.5, 0.6) is 0 Å². The molecule has 0 radical (unpaired) electrons. The standard InChI is InChI=1S/C14H26N4O2S/c1-4-15-9-13-8-14(10-16-13)21(19,20)18-7-5-6-17(3)11-12(18)2/h8,10,12,15-16H,4-7,9,11H2,1-3H3. The third kappa shape index (κ3) is 3.85. The van der Waals surface area contributed by atoms with Gasteiger partial charge in [-0.3, -0.25) is 0 Å². The zero-order valence-corrected chi connectivity index (χ0v) is 13.9. The first-order chi connectivity index (χ1) is 9.95. The van der Waals surface area contributed by atoms with Crippen LogP contribution in [0, 0.1) is 0 Å². The summed E-state index contributed by atoms with van der Waals surface area (Å²) in [4.78, 5) is 5.60. The molecule has 1 atom stereocenters. The van der Waals surface area contributed by atoms with Gasteiger partial charge in [0.2, 0.25) is 10.0 Å². The number of nitrogens with one attached hydrogen (secondary N) is 2. The van der Waals surface area contributed by atoms with E-state index in [1.54, 1.807) is 16.6 Å². The highest BCUT2D eigenvalue weighted by Crippen LogP contribution is 2.21. The van der Waals surface area contributed by atoms with E-state index in [1.807, 2.05) is 20.9 Å². The van der Waals surface area contributed by atoms with Crippen LogP contribution in [0.25, 0.3) is 0 Å². The number of hydrogen-bond acceptors (Lipinski definition) is 4. The van der Waals surface area contributed by atoms with Gasteiger partial charge < -0.3 is 15.2 Å². The van der Waals surface area contributed by atoms with Crippen LogP contribution in [0.1, 0.15) is 26.0 Å². The molecule has 7 heteroatoms. The lowest BCUT2D eigenvalue weighted by Crippen LogP contribution is -2.41. The van der Waals surface area contributed by atoms with Gasteiger partial charge in [0.05, 0.1) is 4.90 Å². The first-order valence-corrected chi connectivity index (χ1v) is 8.97. The van der Waals surface area contributed by atoms with Crippen LogP contribution in [-0.4, -0.2) is 61.9 Å². The Hall–Kier alpha value is -0.890. The molecule has 2 heterocycles. The molecule has 1 aromatic heterocycles. The Morgan fingerprint density at radius 1 is 1.43 bits per heavy atom. The molecule has 0 saturated carbocycles. The van der Waals surface area contributed by atoms with Crippen molar-refractivity contribution in [3.63, 3.8) is 0 Å². The van der Waals surface area contributed by atoms with E-state index in [-0.39, 0.29) is 6.04 Å². The number of H-pyrrole nitrogens is 1. The zero-order chi connectivity index (χ0) is 15.5. The number of aromatic nitrogens is 1. The fourth-order valence-electron chi connectivity index (χ4n) is 2.77. The van der Waals surface area contributed by atoms with E-state index in [2.05, 4.69) is 15.2 Å². The van der Waals surface area contributed by atoms with Crippen molar-refractivity contribution < 1.29 is 8.42 Å². The summed E-state index contributed by atoms with van der Waals surface area (Å²) in [6.45, 7) is 7.81. The molecular weight excluding hydrogens is 288 g/mol. The smallest absolute Gasteiger partial charge is 0.244 e. The maximum absolute atomic E-state index is 12.8. The Bertz CT molecular complexity index is 555. The van der Waals surface area contributed by atoms with Crippen molar-refractivity contribution in [2.45, 2.75) is 37.8 Å². The van der Waals surface area contributed by atoms with Gasteiger partial charge >= 0.3 is 0 Å². The molecule has 0 aromatic carbocycles. The van der Waals surface area contributed by atoms with Crippen LogP contribution >= 0.6 is 0 Å². The Morgan fingerprint density at radius 3 is 2.90 bits per heavy atom. The fourth-order valence-corrected chi connectivity index (χ4v) is 4.45. The van der Waals surface area contributed by atoms with Crippen LogP contribution in [0.2, 0.25) is 0 Å². The summed E-state index contributed by atoms with van der Waals surface area (Å²) in [5, 5.41) is 3.19. The van der Waals surface area contributed by atoms with Crippen molar-refractivity contribution in [1.29, 1.82) is 0 Å². The van der Waals surface area contributed by atoms with Gasteiger partial charge in [0.1, 0.15) is 0 Å². The van der Waals surface area contributed by atoms with Crippen molar-refractivity contribution in [2.75, 3.05) is 33.2 Å². The Morgan fingerprint density at radius 2 is 2.19 bits per heavy atom. The second-order valence-electron chi connectivity index (χ2n) is 5.72. The summed E-state index contributed by atoms with van der Waals surface area (Å²) in [5.41, 5.74) is 0.898. The lowest BCUT2D eigenvalue weighted by atomic mass is 10.3. The molecule has 1 aliphatic rings. The van der Waals surface area contributed by atoms with Crippen LogP contribution in [0.3, 0.4) is 0 Å². The molecular formula is C14H26N4O2S. The van der Waals surface area contributed by atoms with Gasteiger partial charge in [-0.15, -0.1) is 0 Å². The number of hydrogen-bond donors (Lipinski definition) is 2. The van der Waals surface area contributed by atoms with Gasteiger partial charge in [-0.2, -0.15) is 4.31 Å². The predicted molar refractivity (Wildman–Crippen MR) is 83.6 cm³/mol. The van der Waals surface area contributed by atoms with E-state index in [4.69, 9.17) is 0 Å². The van der Waals surface area contributed by atoms with Crippen LogP contribution in [-0.2, 0) is 16.6 Å². The minimum Gasteiger partial charge on any atom is -0.363 e. The van der Waals surface area contributed by atoms with Crippen LogP contribution < -0.4 is 5.32 Å². The Balaban J connectivity index is 2.18. The van der Waals surface area contributed by atoms with E-state index in [9.17, 15) is 8.42 Å². The number of sulfonamides is 1. The Labute approximate surface area is 127 Å². The molecule has 0 spiro atoms. The molecule has 120 valence electrons. The first-order valence-electron chi connectivity index (χ1n) is 7.53. The Kier molecular flexibility index (Phi) is 5.43. The average Bonchev–Trinajstić information content (AvgIpc) is 2.83. The molecule has 1 saturated heterocycles. The van der Waals surface area contributed by atoms with Gasteiger partial charge in [-0.05, 0) is 39.5 Å². The summed E-state index contributed by atoms with van der Waals surface area (Å²) in [7, 11) is -1.38. The predicted octanol–water partition coefficient (Wildman–Crippen LogP) is 0.839. The highest BCUT2D eigenvalue weighted by Gasteiger charge is 2.31. The summed E-state index contributed by atoms with van der Waals surface area (Å²) < 4.78 is 27.3. The zero-order valence-electron chi connectivity index (χ0n) is 13.1. The monoisotopic (exact) mass is 314 g/mol. The molecule has 1 fully saturated rings. The lowest BCUT2D eigenvalue weighted by molar-refractivity contribution is 0.290. The molecule has 2 rings (SSSR count). The summed E-state index contributed by atoms with van der Waals surface area (Å²) in [6.07, 6.45) is 2.47. The lowest BCUT2D eigenvalue weighted by Gasteiger charge is -2.26. The van der Waals surface area contributed by atoms with Crippen molar-refractivity contribution in [3.05, 3.63) is 18.0 Å². The normalized spacial score (nSPS) is 22.3. The molecule has 0 amide bonds. The topological polar surface area (TPSA) is 68.4 Å². The molecule has 0 aliphatic carbocycles. The summed E-state index contributed by atoms with van der Waals surface area (Å²) in [6, 6.07) is 1.73. The van der Waals surface area contributed by atoms with Gasteiger partial charge in [-0.25, -0.2) is 8.42 Å². The van der Waals surface area contributed by atoms with E-state index in [0.717, 1.165) is 31.7 Å². The summed E-state index contributed by atoms with van der Waals surface area (Å²) in [5.74, 6) is 0. The van der Waals surface area contributed by atoms with E-state index in [0.29, 0.717) is 18.0 Å². The quantitative estimate of drug-likeness (QED) is 0.845. The minimum absolute atomic E-state index is 0.00498. The van der Waals surface area contributed by atoms with Gasteiger partial charge in [0.25, 0.3) is 0 Å². The van der Waals surface area contributed by atoms with Crippen molar-refractivity contribution >= 4 is 10.0 Å². The molecule has 1 unspecified atom stereocenters. The summed E-state index contributed by atoms with van der Waals surface area (Å²) >= 11 is 0. The number of nitrogens with zero attached hydrogens (tertiary/aromatic N) is 2. The largest absolute Gasteiger partial charge is 0.363 e. The number of rotatable bonds is 5. The van der Waals surface area contributed by atoms with Crippen molar-refractivity contribution in [1.82, 2.24) is 19.5 Å². The second kappa shape index (κ2) is 6.91. The molecule has 0 bridgehead atoms.